The Kier molecular flexibility index (Phi) is 7.57. The Hall–Kier alpha value is -3.19. The highest BCUT2D eigenvalue weighted by atomic mass is 32.1. The van der Waals surface area contributed by atoms with Crippen LogP contribution >= 0.6 is 11.3 Å². The van der Waals surface area contributed by atoms with Crippen molar-refractivity contribution in [2.75, 3.05) is 13.7 Å². The molecular formula is C23H24N2O4S. The van der Waals surface area contributed by atoms with E-state index in [0.29, 0.717) is 24.5 Å². The normalized spacial score (nSPS) is 10.5. The number of amides is 1. The monoisotopic (exact) mass is 424 g/mol. The fraction of sp³-hybridized carbons (Fsp3) is 0.261. The number of ether oxygens (including phenoxy) is 2. The first-order valence-corrected chi connectivity index (χ1v) is 10.6. The lowest BCUT2D eigenvalue weighted by Gasteiger charge is -2.17. The van der Waals surface area contributed by atoms with Gasteiger partial charge in [0.2, 0.25) is 0 Å². The number of likely N-dealkylation sites (N-methyl/N-ethyl adjacent to an activating group) is 1. The van der Waals surface area contributed by atoms with Crippen LogP contribution in [-0.2, 0) is 29.1 Å². The van der Waals surface area contributed by atoms with Gasteiger partial charge in [0.05, 0.1) is 16.8 Å². The highest BCUT2D eigenvalue weighted by Crippen LogP contribution is 2.16. The number of esters is 1. The smallest absolute Gasteiger partial charge is 0.338 e. The van der Waals surface area contributed by atoms with Crippen LogP contribution in [0.25, 0.3) is 0 Å². The van der Waals surface area contributed by atoms with E-state index >= 15 is 0 Å². The summed E-state index contributed by atoms with van der Waals surface area (Å²) in [4.78, 5) is 30.3. The van der Waals surface area contributed by atoms with Gasteiger partial charge in [-0.25, -0.2) is 9.78 Å². The summed E-state index contributed by atoms with van der Waals surface area (Å²) >= 11 is 1.50. The SMILES string of the molecule is CCc1ccc(CN(C)C(=O)COC(=O)c2cccc(OCc3cscn3)c2)cc1. The van der Waals surface area contributed by atoms with Crippen molar-refractivity contribution in [1.29, 1.82) is 0 Å². The van der Waals surface area contributed by atoms with Gasteiger partial charge in [0.1, 0.15) is 12.4 Å². The van der Waals surface area contributed by atoms with Gasteiger partial charge in [0.15, 0.2) is 6.61 Å². The first-order chi connectivity index (χ1) is 14.5. The molecule has 1 amide bonds. The first kappa shape index (κ1) is 21.5. The summed E-state index contributed by atoms with van der Waals surface area (Å²) in [7, 11) is 1.69. The van der Waals surface area contributed by atoms with Gasteiger partial charge in [-0.05, 0) is 35.7 Å². The largest absolute Gasteiger partial charge is 0.487 e. The average Bonchev–Trinajstić information content (AvgIpc) is 3.30. The third-order valence-electron chi connectivity index (χ3n) is 4.54. The molecule has 30 heavy (non-hydrogen) atoms. The molecule has 1 aromatic heterocycles. The van der Waals surface area contributed by atoms with Crippen LogP contribution in [0.5, 0.6) is 5.75 Å². The fourth-order valence-electron chi connectivity index (χ4n) is 2.74. The number of hydrogen-bond donors (Lipinski definition) is 0. The van der Waals surface area contributed by atoms with Crippen LogP contribution in [-0.4, -0.2) is 35.4 Å². The van der Waals surface area contributed by atoms with Crippen molar-refractivity contribution in [3.63, 3.8) is 0 Å². The first-order valence-electron chi connectivity index (χ1n) is 9.64. The van der Waals surface area contributed by atoms with Crippen molar-refractivity contribution in [2.45, 2.75) is 26.5 Å². The highest BCUT2D eigenvalue weighted by molar-refractivity contribution is 7.07. The Bertz CT molecular complexity index is 971. The van der Waals surface area contributed by atoms with E-state index in [2.05, 4.69) is 24.0 Å². The number of aryl methyl sites for hydroxylation is 1. The van der Waals surface area contributed by atoms with Crippen molar-refractivity contribution in [3.05, 3.63) is 81.8 Å². The summed E-state index contributed by atoms with van der Waals surface area (Å²) in [6, 6.07) is 14.8. The van der Waals surface area contributed by atoms with Crippen LogP contribution in [0.15, 0.2) is 59.4 Å². The molecule has 1 heterocycles. The summed E-state index contributed by atoms with van der Waals surface area (Å²) in [5.74, 6) is -0.293. The van der Waals surface area contributed by atoms with Gasteiger partial charge in [-0.3, -0.25) is 4.79 Å². The van der Waals surface area contributed by atoms with E-state index in [9.17, 15) is 9.59 Å². The number of thiazole rings is 1. The van der Waals surface area contributed by atoms with E-state index in [1.165, 1.54) is 16.9 Å². The molecule has 0 bridgehead atoms. The molecule has 0 unspecified atom stereocenters. The standard InChI is InChI=1S/C23H24N2O4S/c1-3-17-7-9-18(10-8-17)12-25(2)22(26)14-29-23(27)19-5-4-6-21(11-19)28-13-20-15-30-16-24-20/h4-11,15-16H,3,12-14H2,1-2H3. The van der Waals surface area contributed by atoms with Crippen LogP contribution in [0.2, 0.25) is 0 Å². The number of hydrogen-bond acceptors (Lipinski definition) is 6. The predicted molar refractivity (Wildman–Crippen MR) is 115 cm³/mol. The minimum atomic E-state index is -0.567. The zero-order valence-corrected chi connectivity index (χ0v) is 17.9. The maximum atomic E-state index is 12.3. The van der Waals surface area contributed by atoms with Crippen LogP contribution in [0.4, 0.5) is 0 Å². The van der Waals surface area contributed by atoms with Gasteiger partial charge < -0.3 is 14.4 Å². The second kappa shape index (κ2) is 10.5. The topological polar surface area (TPSA) is 68.7 Å². The maximum absolute atomic E-state index is 12.3. The van der Waals surface area contributed by atoms with Gasteiger partial charge in [-0.15, -0.1) is 11.3 Å². The molecule has 3 rings (SSSR count). The third kappa shape index (κ3) is 6.15. The van der Waals surface area contributed by atoms with Crippen LogP contribution in [0.1, 0.15) is 34.1 Å². The molecule has 0 aliphatic carbocycles. The van der Waals surface area contributed by atoms with Crippen molar-refractivity contribution in [3.8, 4) is 5.75 Å². The molecule has 0 saturated carbocycles. The zero-order valence-electron chi connectivity index (χ0n) is 17.0. The van der Waals surface area contributed by atoms with Crippen molar-refractivity contribution < 1.29 is 19.1 Å². The summed E-state index contributed by atoms with van der Waals surface area (Å²) in [6.45, 7) is 2.57. The van der Waals surface area contributed by atoms with Crippen LogP contribution in [0.3, 0.4) is 0 Å². The number of benzene rings is 2. The van der Waals surface area contributed by atoms with Gasteiger partial charge >= 0.3 is 5.97 Å². The molecule has 0 atom stereocenters. The zero-order chi connectivity index (χ0) is 21.3. The molecule has 0 aliphatic rings. The Balaban J connectivity index is 1.49. The molecule has 2 aromatic carbocycles. The van der Waals surface area contributed by atoms with E-state index in [1.807, 2.05) is 17.5 Å². The predicted octanol–water partition coefficient (Wildman–Crippen LogP) is 4.10. The number of aromatic nitrogens is 1. The Morgan fingerprint density at radius 1 is 1.10 bits per heavy atom. The van der Waals surface area contributed by atoms with E-state index in [0.717, 1.165) is 17.7 Å². The summed E-state index contributed by atoms with van der Waals surface area (Å²) < 4.78 is 10.8. The summed E-state index contributed by atoms with van der Waals surface area (Å²) in [6.07, 6.45) is 0.974. The molecule has 3 aromatic rings. The van der Waals surface area contributed by atoms with Gasteiger partial charge in [0, 0.05) is 19.0 Å². The molecule has 0 saturated heterocycles. The van der Waals surface area contributed by atoms with E-state index in [-0.39, 0.29) is 12.5 Å². The molecule has 7 heteroatoms. The average molecular weight is 425 g/mol. The molecule has 0 fully saturated rings. The fourth-order valence-corrected chi connectivity index (χ4v) is 3.29. The Morgan fingerprint density at radius 3 is 2.57 bits per heavy atom. The van der Waals surface area contributed by atoms with E-state index in [1.54, 1.807) is 41.7 Å². The molecule has 0 radical (unpaired) electrons. The van der Waals surface area contributed by atoms with E-state index < -0.39 is 5.97 Å². The number of carbonyl (C=O) groups excluding carboxylic acids is 2. The summed E-state index contributed by atoms with van der Waals surface area (Å²) in [5.41, 5.74) is 5.17. The van der Waals surface area contributed by atoms with Crippen LogP contribution in [0, 0.1) is 0 Å². The lowest BCUT2D eigenvalue weighted by atomic mass is 10.1. The van der Waals surface area contributed by atoms with Crippen molar-refractivity contribution in [2.24, 2.45) is 0 Å². The Morgan fingerprint density at radius 2 is 1.87 bits per heavy atom. The van der Waals surface area contributed by atoms with Gasteiger partial charge in [-0.2, -0.15) is 0 Å². The van der Waals surface area contributed by atoms with E-state index in [4.69, 9.17) is 9.47 Å². The second-order valence-electron chi connectivity index (χ2n) is 6.79. The van der Waals surface area contributed by atoms with Crippen molar-refractivity contribution >= 4 is 23.2 Å². The lowest BCUT2D eigenvalue weighted by Crippen LogP contribution is -2.30. The maximum Gasteiger partial charge on any atom is 0.338 e. The minimum Gasteiger partial charge on any atom is -0.487 e. The molecular weight excluding hydrogens is 400 g/mol. The summed E-state index contributed by atoms with van der Waals surface area (Å²) in [5, 5.41) is 1.90. The quantitative estimate of drug-likeness (QED) is 0.484. The lowest BCUT2D eigenvalue weighted by molar-refractivity contribution is -0.133. The van der Waals surface area contributed by atoms with Crippen molar-refractivity contribution in [1.82, 2.24) is 9.88 Å². The molecule has 0 spiro atoms. The Labute approximate surface area is 180 Å². The van der Waals surface area contributed by atoms with Crippen LogP contribution < -0.4 is 4.74 Å². The van der Waals surface area contributed by atoms with Gasteiger partial charge in [0.25, 0.3) is 5.91 Å². The number of nitrogens with zero attached hydrogens (tertiary/aromatic N) is 2. The highest BCUT2D eigenvalue weighted by Gasteiger charge is 2.14. The molecule has 0 aliphatic heterocycles. The molecule has 6 nitrogen and oxygen atoms in total. The molecule has 156 valence electrons. The number of carbonyl (C=O) groups is 2. The van der Waals surface area contributed by atoms with Gasteiger partial charge in [-0.1, -0.05) is 37.3 Å². The second-order valence-corrected chi connectivity index (χ2v) is 7.51. The molecule has 0 N–H and O–H groups in total. The number of rotatable bonds is 9. The third-order valence-corrected chi connectivity index (χ3v) is 5.18. The minimum absolute atomic E-state index is 0.265.